The zero-order valence-corrected chi connectivity index (χ0v) is 7.89. The Balaban J connectivity index is 2.75. The predicted octanol–water partition coefficient (Wildman–Crippen LogP) is 1.64. The van der Waals surface area contributed by atoms with Crippen LogP contribution in [0.5, 0.6) is 0 Å². The fourth-order valence-corrected chi connectivity index (χ4v) is 1.62. The summed E-state index contributed by atoms with van der Waals surface area (Å²) in [6, 6.07) is 4.22. The van der Waals surface area contributed by atoms with E-state index >= 15 is 0 Å². The van der Waals surface area contributed by atoms with Gasteiger partial charge in [-0.25, -0.2) is 4.98 Å². The molecule has 0 bridgehead atoms. The molecule has 0 saturated heterocycles. The molecular formula is C10H13N3. The molecule has 0 saturated carbocycles. The lowest BCUT2D eigenvalue weighted by atomic mass is 10.1. The maximum atomic E-state index is 5.51. The molecule has 1 aromatic carbocycles. The number of aryl methyl sites for hydroxylation is 2. The summed E-state index contributed by atoms with van der Waals surface area (Å²) in [5, 5.41) is 0. The minimum atomic E-state index is 0.465. The van der Waals surface area contributed by atoms with E-state index in [-0.39, 0.29) is 0 Å². The summed E-state index contributed by atoms with van der Waals surface area (Å²) in [5.41, 5.74) is 10.1. The van der Waals surface area contributed by atoms with Crippen molar-refractivity contribution >= 4 is 11.0 Å². The van der Waals surface area contributed by atoms with Crippen LogP contribution in [0.1, 0.15) is 17.0 Å². The lowest BCUT2D eigenvalue weighted by Crippen LogP contribution is -1.97. The number of hydrogen-bond donors (Lipinski definition) is 2. The number of benzene rings is 1. The first-order valence-corrected chi connectivity index (χ1v) is 4.36. The molecule has 0 radical (unpaired) electrons. The molecule has 13 heavy (non-hydrogen) atoms. The monoisotopic (exact) mass is 175 g/mol. The molecule has 3 heteroatoms. The van der Waals surface area contributed by atoms with Crippen LogP contribution in [0.4, 0.5) is 0 Å². The second-order valence-corrected chi connectivity index (χ2v) is 3.37. The van der Waals surface area contributed by atoms with Crippen molar-refractivity contribution in [2.45, 2.75) is 20.4 Å². The molecule has 0 spiro atoms. The van der Waals surface area contributed by atoms with E-state index in [4.69, 9.17) is 5.73 Å². The second-order valence-electron chi connectivity index (χ2n) is 3.37. The summed E-state index contributed by atoms with van der Waals surface area (Å²) in [6.45, 7) is 4.61. The zero-order valence-electron chi connectivity index (χ0n) is 7.89. The Hall–Kier alpha value is -1.35. The first-order valence-electron chi connectivity index (χ1n) is 4.36. The van der Waals surface area contributed by atoms with Gasteiger partial charge in [0.25, 0.3) is 0 Å². The topological polar surface area (TPSA) is 54.7 Å². The first-order chi connectivity index (χ1) is 6.20. The number of hydrogen-bond acceptors (Lipinski definition) is 2. The highest BCUT2D eigenvalue weighted by atomic mass is 14.9. The summed E-state index contributed by atoms with van der Waals surface area (Å²) >= 11 is 0. The van der Waals surface area contributed by atoms with Gasteiger partial charge >= 0.3 is 0 Å². The quantitative estimate of drug-likeness (QED) is 0.692. The summed E-state index contributed by atoms with van der Waals surface area (Å²) in [4.78, 5) is 7.58. The molecule has 2 aromatic rings. The summed E-state index contributed by atoms with van der Waals surface area (Å²) in [7, 11) is 0. The Morgan fingerprint density at radius 1 is 1.38 bits per heavy atom. The number of rotatable bonds is 1. The highest BCUT2D eigenvalue weighted by molar-refractivity contribution is 5.79. The molecule has 0 unspecified atom stereocenters. The molecule has 0 aliphatic heterocycles. The maximum absolute atomic E-state index is 5.51. The van der Waals surface area contributed by atoms with Gasteiger partial charge in [-0.2, -0.15) is 0 Å². The number of nitrogens with zero attached hydrogens (tertiary/aromatic N) is 1. The van der Waals surface area contributed by atoms with Gasteiger partial charge in [0, 0.05) is 0 Å². The van der Waals surface area contributed by atoms with Gasteiger partial charge in [-0.1, -0.05) is 6.07 Å². The third-order valence-corrected chi connectivity index (χ3v) is 2.16. The zero-order chi connectivity index (χ0) is 9.42. The summed E-state index contributed by atoms with van der Waals surface area (Å²) in [5.74, 6) is 0.851. The highest BCUT2D eigenvalue weighted by Crippen LogP contribution is 2.17. The van der Waals surface area contributed by atoms with E-state index in [1.54, 1.807) is 0 Å². The Bertz CT molecular complexity index is 443. The highest BCUT2D eigenvalue weighted by Gasteiger charge is 2.03. The van der Waals surface area contributed by atoms with Gasteiger partial charge < -0.3 is 10.7 Å². The van der Waals surface area contributed by atoms with Crippen molar-refractivity contribution in [2.24, 2.45) is 5.73 Å². The predicted molar refractivity (Wildman–Crippen MR) is 53.5 cm³/mol. The third kappa shape index (κ3) is 1.31. The number of H-pyrrole nitrogens is 1. The normalized spacial score (nSPS) is 11.0. The number of fused-ring (bicyclic) bond motifs is 1. The molecule has 0 amide bonds. The van der Waals surface area contributed by atoms with Gasteiger partial charge in [-0.05, 0) is 31.0 Å². The average Bonchev–Trinajstić information content (AvgIpc) is 2.47. The second kappa shape index (κ2) is 2.85. The van der Waals surface area contributed by atoms with Crippen LogP contribution in [0.3, 0.4) is 0 Å². The molecule has 0 atom stereocenters. The Morgan fingerprint density at radius 3 is 2.85 bits per heavy atom. The molecule has 3 N–H and O–H groups in total. The minimum absolute atomic E-state index is 0.465. The molecule has 0 aliphatic rings. The Kier molecular flexibility index (Phi) is 1.81. The fraction of sp³-hybridized carbons (Fsp3) is 0.300. The molecule has 2 rings (SSSR count). The summed E-state index contributed by atoms with van der Waals surface area (Å²) < 4.78 is 0. The van der Waals surface area contributed by atoms with Crippen LogP contribution in [0.15, 0.2) is 12.1 Å². The molecule has 3 nitrogen and oxygen atoms in total. The number of nitrogens with one attached hydrogen (secondary N) is 1. The van der Waals surface area contributed by atoms with Crippen molar-refractivity contribution in [2.75, 3.05) is 0 Å². The maximum Gasteiger partial charge on any atom is 0.121 e. The summed E-state index contributed by atoms with van der Waals surface area (Å²) in [6.07, 6.45) is 0. The molecule has 1 aromatic heterocycles. The Labute approximate surface area is 77.0 Å². The fourth-order valence-electron chi connectivity index (χ4n) is 1.62. The molecule has 0 aliphatic carbocycles. The Morgan fingerprint density at radius 2 is 2.15 bits per heavy atom. The SMILES string of the molecule is Cc1cc(C)c2nc(CN)[nH]c2c1. The molecule has 1 heterocycles. The van der Waals surface area contributed by atoms with Crippen molar-refractivity contribution in [1.29, 1.82) is 0 Å². The van der Waals surface area contributed by atoms with Crippen LogP contribution in [-0.4, -0.2) is 9.97 Å². The van der Waals surface area contributed by atoms with E-state index in [2.05, 4.69) is 35.9 Å². The van der Waals surface area contributed by atoms with Crippen LogP contribution in [0.2, 0.25) is 0 Å². The largest absolute Gasteiger partial charge is 0.341 e. The lowest BCUT2D eigenvalue weighted by molar-refractivity contribution is 0.958. The van der Waals surface area contributed by atoms with Crippen molar-refractivity contribution in [3.8, 4) is 0 Å². The van der Waals surface area contributed by atoms with E-state index in [1.807, 2.05) is 0 Å². The van der Waals surface area contributed by atoms with Gasteiger partial charge in [0.15, 0.2) is 0 Å². The van der Waals surface area contributed by atoms with Crippen molar-refractivity contribution in [1.82, 2.24) is 9.97 Å². The molecule has 68 valence electrons. The molecular weight excluding hydrogens is 162 g/mol. The van der Waals surface area contributed by atoms with Crippen LogP contribution < -0.4 is 5.73 Å². The van der Waals surface area contributed by atoms with Gasteiger partial charge in [0.2, 0.25) is 0 Å². The van der Waals surface area contributed by atoms with Crippen molar-refractivity contribution < 1.29 is 0 Å². The van der Waals surface area contributed by atoms with Crippen LogP contribution in [0.25, 0.3) is 11.0 Å². The number of aromatic nitrogens is 2. The van der Waals surface area contributed by atoms with Crippen molar-refractivity contribution in [3.63, 3.8) is 0 Å². The van der Waals surface area contributed by atoms with Crippen molar-refractivity contribution in [3.05, 3.63) is 29.1 Å². The van der Waals surface area contributed by atoms with Gasteiger partial charge in [0.05, 0.1) is 17.6 Å². The van der Waals surface area contributed by atoms with E-state index < -0.39 is 0 Å². The van der Waals surface area contributed by atoms with E-state index in [9.17, 15) is 0 Å². The van der Waals surface area contributed by atoms with E-state index in [1.165, 1.54) is 11.1 Å². The van der Waals surface area contributed by atoms with Gasteiger partial charge in [0.1, 0.15) is 5.82 Å². The van der Waals surface area contributed by atoms with Gasteiger partial charge in [-0.15, -0.1) is 0 Å². The average molecular weight is 175 g/mol. The smallest absolute Gasteiger partial charge is 0.121 e. The first kappa shape index (κ1) is 8.26. The van der Waals surface area contributed by atoms with Crippen LogP contribution in [0, 0.1) is 13.8 Å². The minimum Gasteiger partial charge on any atom is -0.341 e. The van der Waals surface area contributed by atoms with Crippen LogP contribution >= 0.6 is 0 Å². The number of aromatic amines is 1. The lowest BCUT2D eigenvalue weighted by Gasteiger charge is -1.96. The molecule has 0 fully saturated rings. The van der Waals surface area contributed by atoms with Gasteiger partial charge in [-0.3, -0.25) is 0 Å². The van der Waals surface area contributed by atoms with Crippen LogP contribution in [-0.2, 0) is 6.54 Å². The van der Waals surface area contributed by atoms with E-state index in [0.717, 1.165) is 16.9 Å². The third-order valence-electron chi connectivity index (χ3n) is 2.16. The van der Waals surface area contributed by atoms with E-state index in [0.29, 0.717) is 6.54 Å². The number of imidazole rings is 1. The number of nitrogens with two attached hydrogens (primary N) is 1. The standard InChI is InChI=1S/C10H13N3/c1-6-3-7(2)10-8(4-6)12-9(5-11)13-10/h3-4H,5,11H2,1-2H3,(H,12,13).